The van der Waals surface area contributed by atoms with E-state index in [-0.39, 0.29) is 5.82 Å². The van der Waals surface area contributed by atoms with Crippen LogP contribution in [0.4, 0.5) is 4.39 Å². The van der Waals surface area contributed by atoms with Crippen molar-refractivity contribution < 1.29 is 13.9 Å². The van der Waals surface area contributed by atoms with Gasteiger partial charge in [0.1, 0.15) is 17.9 Å². The lowest BCUT2D eigenvalue weighted by Crippen LogP contribution is -1.90. The summed E-state index contributed by atoms with van der Waals surface area (Å²) in [6.45, 7) is 2.62. The van der Waals surface area contributed by atoms with Gasteiger partial charge in [0.05, 0.1) is 18.2 Å². The van der Waals surface area contributed by atoms with Crippen LogP contribution in [0.2, 0.25) is 0 Å². The van der Waals surface area contributed by atoms with Crippen LogP contribution >= 0.6 is 0 Å². The van der Waals surface area contributed by atoms with E-state index >= 15 is 0 Å². The highest BCUT2D eigenvalue weighted by Crippen LogP contribution is 2.21. The average Bonchev–Trinajstić information content (AvgIpc) is 2.63. The largest absolute Gasteiger partial charge is 0.494 e. The van der Waals surface area contributed by atoms with Crippen LogP contribution in [-0.2, 0) is 0 Å². The Morgan fingerprint density at radius 3 is 2.33 bits per heavy atom. The number of fused-ring (bicyclic) bond motifs is 1. The second-order valence-electron chi connectivity index (χ2n) is 4.94. The van der Waals surface area contributed by atoms with Gasteiger partial charge in [-0.3, -0.25) is 4.79 Å². The molecular weight excluding hydrogens is 305 g/mol. The number of aldehydes is 1. The number of carbonyl (C=O) groups is 1. The van der Waals surface area contributed by atoms with Crippen LogP contribution in [0.25, 0.3) is 10.8 Å². The van der Waals surface area contributed by atoms with Gasteiger partial charge in [0.2, 0.25) is 0 Å². The zero-order chi connectivity index (χ0) is 17.4. The molecule has 0 aromatic heterocycles. The topological polar surface area (TPSA) is 50.1 Å². The van der Waals surface area contributed by atoms with E-state index in [0.717, 1.165) is 22.8 Å². The lowest BCUT2D eigenvalue weighted by atomic mass is 10.1. The number of benzene rings is 3. The lowest BCUT2D eigenvalue weighted by molar-refractivity contribution is 0.112. The van der Waals surface area contributed by atoms with Gasteiger partial charge in [-0.25, -0.2) is 4.39 Å². The molecule has 3 rings (SSSR count). The Bertz CT molecular complexity index is 867. The standard InChI is InChI=1S/C13H12O2.C7H4FN/c1-2-15-13-6-5-11-7-10(9-14)3-4-12(11)8-13;8-7-3-1-6(5-9)2-4-7/h3-9H,2H2,1H3;1-4H. The summed E-state index contributed by atoms with van der Waals surface area (Å²) in [4.78, 5) is 10.6. The molecule has 0 atom stereocenters. The fourth-order valence-electron chi connectivity index (χ4n) is 2.10. The summed E-state index contributed by atoms with van der Waals surface area (Å²) in [6, 6.07) is 18.8. The number of nitrogens with zero attached hydrogens (tertiary/aromatic N) is 1. The minimum absolute atomic E-state index is 0.311. The molecule has 0 saturated carbocycles. The first kappa shape index (κ1) is 17.2. The number of halogens is 1. The minimum Gasteiger partial charge on any atom is -0.494 e. The average molecular weight is 321 g/mol. The number of hydrogen-bond acceptors (Lipinski definition) is 3. The van der Waals surface area contributed by atoms with E-state index in [1.165, 1.54) is 24.3 Å². The van der Waals surface area contributed by atoms with Crippen molar-refractivity contribution in [3.63, 3.8) is 0 Å². The summed E-state index contributed by atoms with van der Waals surface area (Å²) in [7, 11) is 0. The van der Waals surface area contributed by atoms with Crippen molar-refractivity contribution in [1.29, 1.82) is 5.26 Å². The molecule has 120 valence electrons. The van der Waals surface area contributed by atoms with Crippen molar-refractivity contribution in [2.45, 2.75) is 6.92 Å². The van der Waals surface area contributed by atoms with Crippen molar-refractivity contribution in [2.75, 3.05) is 6.61 Å². The van der Waals surface area contributed by atoms with E-state index in [1.54, 1.807) is 0 Å². The number of nitriles is 1. The van der Waals surface area contributed by atoms with Gasteiger partial charge in [0.15, 0.2) is 0 Å². The van der Waals surface area contributed by atoms with Gasteiger partial charge in [0.25, 0.3) is 0 Å². The molecule has 0 aliphatic heterocycles. The Balaban J connectivity index is 0.000000198. The van der Waals surface area contributed by atoms with Crippen LogP contribution < -0.4 is 4.74 Å². The summed E-state index contributed by atoms with van der Waals surface area (Å²) >= 11 is 0. The van der Waals surface area contributed by atoms with Crippen molar-refractivity contribution in [1.82, 2.24) is 0 Å². The lowest BCUT2D eigenvalue weighted by Gasteiger charge is -2.04. The van der Waals surface area contributed by atoms with E-state index in [2.05, 4.69) is 0 Å². The predicted molar refractivity (Wildman–Crippen MR) is 91.6 cm³/mol. The molecule has 0 N–H and O–H groups in total. The van der Waals surface area contributed by atoms with Crippen LogP contribution in [0.5, 0.6) is 5.75 Å². The third kappa shape index (κ3) is 4.65. The molecule has 0 aliphatic carbocycles. The maximum atomic E-state index is 12.1. The predicted octanol–water partition coefficient (Wildman–Crippen LogP) is 4.75. The fraction of sp³-hybridized carbons (Fsp3) is 0.100. The van der Waals surface area contributed by atoms with Gasteiger partial charge in [-0.15, -0.1) is 0 Å². The molecular formula is C20H16FNO2. The normalized spacial score (nSPS) is 9.54. The molecule has 0 radical (unpaired) electrons. The summed E-state index contributed by atoms with van der Waals surface area (Å²) in [5.41, 5.74) is 1.18. The monoisotopic (exact) mass is 321 g/mol. The second kappa shape index (κ2) is 8.44. The highest BCUT2D eigenvalue weighted by Gasteiger charge is 1.98. The quantitative estimate of drug-likeness (QED) is 0.654. The summed E-state index contributed by atoms with van der Waals surface area (Å²) in [6.07, 6.45) is 0.857. The molecule has 0 aliphatic rings. The number of carbonyl (C=O) groups excluding carboxylic acids is 1. The molecule has 24 heavy (non-hydrogen) atoms. The molecule has 3 aromatic carbocycles. The first-order valence-corrected chi connectivity index (χ1v) is 7.43. The zero-order valence-electron chi connectivity index (χ0n) is 13.2. The third-order valence-electron chi connectivity index (χ3n) is 3.26. The minimum atomic E-state index is -0.311. The molecule has 0 fully saturated rings. The first-order valence-electron chi connectivity index (χ1n) is 7.43. The van der Waals surface area contributed by atoms with Gasteiger partial charge >= 0.3 is 0 Å². The Kier molecular flexibility index (Phi) is 6.04. The van der Waals surface area contributed by atoms with Gasteiger partial charge in [-0.2, -0.15) is 5.26 Å². The van der Waals surface area contributed by atoms with Gasteiger partial charge in [-0.05, 0) is 60.2 Å². The van der Waals surface area contributed by atoms with Crippen LogP contribution in [0.3, 0.4) is 0 Å². The van der Waals surface area contributed by atoms with Crippen LogP contribution in [-0.4, -0.2) is 12.9 Å². The third-order valence-corrected chi connectivity index (χ3v) is 3.26. The van der Waals surface area contributed by atoms with Gasteiger partial charge in [0, 0.05) is 5.56 Å². The highest BCUT2D eigenvalue weighted by molar-refractivity contribution is 5.89. The number of ether oxygens (including phenoxy) is 1. The smallest absolute Gasteiger partial charge is 0.150 e. The van der Waals surface area contributed by atoms with Crippen molar-refractivity contribution >= 4 is 17.1 Å². The van der Waals surface area contributed by atoms with Crippen molar-refractivity contribution in [2.24, 2.45) is 0 Å². The second-order valence-corrected chi connectivity index (χ2v) is 4.94. The van der Waals surface area contributed by atoms with Crippen LogP contribution in [0.15, 0.2) is 60.7 Å². The summed E-state index contributed by atoms with van der Waals surface area (Å²) < 4.78 is 17.5. The Morgan fingerprint density at radius 2 is 1.71 bits per heavy atom. The Morgan fingerprint density at radius 1 is 1.04 bits per heavy atom. The van der Waals surface area contributed by atoms with Crippen molar-refractivity contribution in [3.8, 4) is 11.8 Å². The SMILES string of the molecule is CCOc1ccc2cc(C=O)ccc2c1.N#Cc1ccc(F)cc1. The fourth-order valence-corrected chi connectivity index (χ4v) is 2.10. The molecule has 0 spiro atoms. The molecule has 3 nitrogen and oxygen atoms in total. The van der Waals surface area contributed by atoms with E-state index in [0.29, 0.717) is 17.7 Å². The molecule has 4 heteroatoms. The summed E-state index contributed by atoms with van der Waals surface area (Å²) in [5.74, 6) is 0.554. The van der Waals surface area contributed by atoms with Crippen molar-refractivity contribution in [3.05, 3.63) is 77.6 Å². The molecule has 0 unspecified atom stereocenters. The highest BCUT2D eigenvalue weighted by atomic mass is 19.1. The van der Waals surface area contributed by atoms with Crippen LogP contribution in [0, 0.1) is 17.1 Å². The first-order chi connectivity index (χ1) is 11.7. The Labute approximate surface area is 139 Å². The Hall–Kier alpha value is -3.19. The van der Waals surface area contributed by atoms with E-state index in [9.17, 15) is 9.18 Å². The van der Waals surface area contributed by atoms with Gasteiger partial charge in [-0.1, -0.05) is 18.2 Å². The summed E-state index contributed by atoms with van der Waals surface area (Å²) in [5, 5.41) is 10.4. The molecule has 0 bridgehead atoms. The zero-order valence-corrected chi connectivity index (χ0v) is 13.2. The number of rotatable bonds is 3. The van der Waals surface area contributed by atoms with E-state index in [4.69, 9.17) is 10.00 Å². The molecule has 0 heterocycles. The maximum Gasteiger partial charge on any atom is 0.150 e. The van der Waals surface area contributed by atoms with Crippen LogP contribution in [0.1, 0.15) is 22.8 Å². The van der Waals surface area contributed by atoms with E-state index < -0.39 is 0 Å². The maximum absolute atomic E-state index is 12.1. The van der Waals surface area contributed by atoms with E-state index in [1.807, 2.05) is 49.4 Å². The number of hydrogen-bond donors (Lipinski definition) is 0. The molecule has 0 amide bonds. The van der Waals surface area contributed by atoms with Gasteiger partial charge < -0.3 is 4.74 Å². The molecule has 3 aromatic rings. The molecule has 0 saturated heterocycles.